The monoisotopic (exact) mass is 262 g/mol. The number of hydrogen-bond acceptors (Lipinski definition) is 3. The van der Waals surface area contributed by atoms with Gasteiger partial charge in [0.1, 0.15) is 5.75 Å². The molecule has 5 heteroatoms. The van der Waals surface area contributed by atoms with E-state index in [2.05, 4.69) is 0 Å². The lowest BCUT2D eigenvalue weighted by Gasteiger charge is -2.32. The van der Waals surface area contributed by atoms with Crippen LogP contribution in [-0.2, 0) is 16.0 Å². The first kappa shape index (κ1) is 13.4. The second-order valence-corrected chi connectivity index (χ2v) is 4.55. The van der Waals surface area contributed by atoms with Crippen LogP contribution in [0.3, 0.4) is 0 Å². The highest BCUT2D eigenvalue weighted by Gasteiger charge is 2.19. The van der Waals surface area contributed by atoms with E-state index in [1.807, 2.05) is 29.2 Å². The summed E-state index contributed by atoms with van der Waals surface area (Å²) >= 11 is 0. The highest BCUT2D eigenvalue weighted by molar-refractivity contribution is 5.79. The number of carbonyl (C=O) groups is 2. The molecule has 2 amide bonds. The predicted molar refractivity (Wildman–Crippen MR) is 70.9 cm³/mol. The van der Waals surface area contributed by atoms with E-state index in [0.29, 0.717) is 32.6 Å². The van der Waals surface area contributed by atoms with Crippen molar-refractivity contribution in [3.8, 4) is 5.75 Å². The number of carbonyl (C=O) groups excluding carboxylic acids is 2. The van der Waals surface area contributed by atoms with Crippen LogP contribution in [0.1, 0.15) is 5.56 Å². The number of methoxy groups -OCH3 is 1. The Kier molecular flexibility index (Phi) is 4.39. The Bertz CT molecular complexity index is 437. The van der Waals surface area contributed by atoms with Crippen LogP contribution in [0.5, 0.6) is 5.75 Å². The van der Waals surface area contributed by atoms with E-state index in [0.717, 1.165) is 17.7 Å². The molecule has 2 rings (SSSR count). The molecule has 0 atom stereocenters. The maximum atomic E-state index is 12.1. The van der Waals surface area contributed by atoms with Gasteiger partial charge in [0.15, 0.2) is 0 Å². The molecule has 19 heavy (non-hydrogen) atoms. The van der Waals surface area contributed by atoms with E-state index in [1.165, 1.54) is 0 Å². The van der Waals surface area contributed by atoms with Crippen molar-refractivity contribution in [1.82, 2.24) is 9.80 Å². The number of benzene rings is 1. The summed E-state index contributed by atoms with van der Waals surface area (Å²) in [6, 6.07) is 7.51. The van der Waals surface area contributed by atoms with Crippen molar-refractivity contribution in [3.05, 3.63) is 29.8 Å². The van der Waals surface area contributed by atoms with Crippen molar-refractivity contribution in [2.45, 2.75) is 6.42 Å². The van der Waals surface area contributed by atoms with Crippen molar-refractivity contribution in [2.75, 3.05) is 33.3 Å². The van der Waals surface area contributed by atoms with Gasteiger partial charge in [-0.05, 0) is 17.7 Å². The van der Waals surface area contributed by atoms with Crippen LogP contribution < -0.4 is 4.74 Å². The lowest BCUT2D eigenvalue weighted by Crippen LogP contribution is -2.48. The van der Waals surface area contributed by atoms with Crippen LogP contribution in [0.25, 0.3) is 0 Å². The van der Waals surface area contributed by atoms with Crippen LogP contribution >= 0.6 is 0 Å². The summed E-state index contributed by atoms with van der Waals surface area (Å²) in [4.78, 5) is 26.2. The minimum atomic E-state index is 0.107. The number of piperazine rings is 1. The van der Waals surface area contributed by atoms with E-state index in [4.69, 9.17) is 4.74 Å². The molecule has 1 aliphatic heterocycles. The van der Waals surface area contributed by atoms with E-state index >= 15 is 0 Å². The summed E-state index contributed by atoms with van der Waals surface area (Å²) < 4.78 is 5.08. The molecule has 5 nitrogen and oxygen atoms in total. The lowest BCUT2D eigenvalue weighted by atomic mass is 10.1. The van der Waals surface area contributed by atoms with Gasteiger partial charge in [-0.1, -0.05) is 12.1 Å². The summed E-state index contributed by atoms with van der Waals surface area (Å²) in [5.41, 5.74) is 0.976. The second-order valence-electron chi connectivity index (χ2n) is 4.55. The number of rotatable bonds is 4. The second kappa shape index (κ2) is 6.22. The third kappa shape index (κ3) is 3.47. The quantitative estimate of drug-likeness (QED) is 0.744. The van der Waals surface area contributed by atoms with Crippen molar-refractivity contribution in [2.24, 2.45) is 0 Å². The van der Waals surface area contributed by atoms with Gasteiger partial charge in [0.05, 0.1) is 13.5 Å². The number of ether oxygens (including phenoxy) is 1. The molecular formula is C14H18N2O3. The molecule has 1 aromatic carbocycles. The fraction of sp³-hybridized carbons (Fsp3) is 0.429. The van der Waals surface area contributed by atoms with E-state index in [-0.39, 0.29) is 5.91 Å². The molecule has 1 heterocycles. The molecule has 1 aliphatic rings. The first-order chi connectivity index (χ1) is 9.22. The zero-order valence-electron chi connectivity index (χ0n) is 11.0. The van der Waals surface area contributed by atoms with Gasteiger partial charge in [-0.2, -0.15) is 0 Å². The summed E-state index contributed by atoms with van der Waals surface area (Å²) in [7, 11) is 1.62. The normalized spacial score (nSPS) is 15.2. The fourth-order valence-corrected chi connectivity index (χ4v) is 2.11. The van der Waals surface area contributed by atoms with Gasteiger partial charge in [-0.3, -0.25) is 9.59 Å². The summed E-state index contributed by atoms with van der Waals surface area (Å²) in [6.45, 7) is 2.48. The Labute approximate surface area is 112 Å². The van der Waals surface area contributed by atoms with Crippen molar-refractivity contribution < 1.29 is 14.3 Å². The first-order valence-corrected chi connectivity index (χ1v) is 6.33. The highest BCUT2D eigenvalue weighted by atomic mass is 16.5. The highest BCUT2D eigenvalue weighted by Crippen LogP contribution is 2.13. The van der Waals surface area contributed by atoms with Crippen molar-refractivity contribution >= 4 is 12.3 Å². The van der Waals surface area contributed by atoms with E-state index in [1.54, 1.807) is 12.0 Å². The van der Waals surface area contributed by atoms with Gasteiger partial charge in [0, 0.05) is 26.2 Å². The Morgan fingerprint density at radius 2 is 1.84 bits per heavy atom. The average Bonchev–Trinajstić information content (AvgIpc) is 2.48. The van der Waals surface area contributed by atoms with Crippen LogP contribution in [0.4, 0.5) is 0 Å². The van der Waals surface area contributed by atoms with Crippen molar-refractivity contribution in [3.63, 3.8) is 0 Å². The van der Waals surface area contributed by atoms with Gasteiger partial charge in [0.25, 0.3) is 0 Å². The molecule has 1 fully saturated rings. The van der Waals surface area contributed by atoms with Crippen LogP contribution in [0, 0.1) is 0 Å². The maximum absolute atomic E-state index is 12.1. The lowest BCUT2D eigenvalue weighted by molar-refractivity contribution is -0.134. The zero-order valence-corrected chi connectivity index (χ0v) is 11.0. The molecule has 1 saturated heterocycles. The van der Waals surface area contributed by atoms with E-state index in [9.17, 15) is 9.59 Å². The standard InChI is InChI=1S/C14H18N2O3/c1-19-13-4-2-12(3-5-13)10-14(18)16-8-6-15(11-17)7-9-16/h2-5,11H,6-10H2,1H3. The Morgan fingerprint density at radius 1 is 1.21 bits per heavy atom. The predicted octanol–water partition coefficient (Wildman–Crippen LogP) is 0.538. The Hall–Kier alpha value is -2.04. The topological polar surface area (TPSA) is 49.9 Å². The van der Waals surface area contributed by atoms with Gasteiger partial charge in [-0.25, -0.2) is 0 Å². The largest absolute Gasteiger partial charge is 0.497 e. The molecular weight excluding hydrogens is 244 g/mol. The van der Waals surface area contributed by atoms with Crippen LogP contribution in [-0.4, -0.2) is 55.4 Å². The summed E-state index contributed by atoms with van der Waals surface area (Å²) in [5, 5.41) is 0. The molecule has 1 aromatic rings. The SMILES string of the molecule is COc1ccc(CC(=O)N2CCN(C=O)CC2)cc1. The fourth-order valence-electron chi connectivity index (χ4n) is 2.11. The zero-order chi connectivity index (χ0) is 13.7. The van der Waals surface area contributed by atoms with Crippen LogP contribution in [0.15, 0.2) is 24.3 Å². The molecule has 0 radical (unpaired) electrons. The minimum Gasteiger partial charge on any atom is -0.497 e. The van der Waals surface area contributed by atoms with Gasteiger partial charge in [-0.15, -0.1) is 0 Å². The Balaban J connectivity index is 1.88. The number of nitrogens with zero attached hydrogens (tertiary/aromatic N) is 2. The Morgan fingerprint density at radius 3 is 2.37 bits per heavy atom. The van der Waals surface area contributed by atoms with Gasteiger partial charge >= 0.3 is 0 Å². The van der Waals surface area contributed by atoms with E-state index < -0.39 is 0 Å². The smallest absolute Gasteiger partial charge is 0.227 e. The number of hydrogen-bond donors (Lipinski definition) is 0. The molecule has 0 spiro atoms. The minimum absolute atomic E-state index is 0.107. The molecule has 0 bridgehead atoms. The van der Waals surface area contributed by atoms with Gasteiger partial charge < -0.3 is 14.5 Å². The third-order valence-corrected chi connectivity index (χ3v) is 3.33. The molecule has 0 N–H and O–H groups in total. The first-order valence-electron chi connectivity index (χ1n) is 6.33. The molecule has 0 aromatic heterocycles. The van der Waals surface area contributed by atoms with Crippen LogP contribution in [0.2, 0.25) is 0 Å². The molecule has 0 unspecified atom stereocenters. The van der Waals surface area contributed by atoms with Gasteiger partial charge in [0.2, 0.25) is 12.3 Å². The molecule has 0 saturated carbocycles. The average molecular weight is 262 g/mol. The van der Waals surface area contributed by atoms with Crippen molar-refractivity contribution in [1.29, 1.82) is 0 Å². The summed E-state index contributed by atoms with van der Waals surface area (Å²) in [5.74, 6) is 0.895. The molecule has 0 aliphatic carbocycles. The maximum Gasteiger partial charge on any atom is 0.227 e. The third-order valence-electron chi connectivity index (χ3n) is 3.33. The molecule has 102 valence electrons. The number of amides is 2. The summed E-state index contributed by atoms with van der Waals surface area (Å²) in [6.07, 6.45) is 1.23.